The van der Waals surface area contributed by atoms with Crippen LogP contribution in [0.4, 0.5) is 4.79 Å². The average molecular weight is 711 g/mol. The first-order valence-corrected chi connectivity index (χ1v) is 17.6. The van der Waals surface area contributed by atoms with Gasteiger partial charge in [0.05, 0.1) is 24.5 Å². The number of amides is 1. The molecule has 6 aromatic rings. The quantitative estimate of drug-likeness (QED) is 0.0998. The predicted molar refractivity (Wildman–Crippen MR) is 207 cm³/mol. The van der Waals surface area contributed by atoms with Crippen molar-refractivity contribution in [1.82, 2.24) is 25.7 Å². The van der Waals surface area contributed by atoms with E-state index >= 15 is 0 Å². The van der Waals surface area contributed by atoms with Crippen molar-refractivity contribution in [1.29, 1.82) is 0 Å². The van der Waals surface area contributed by atoms with Crippen LogP contribution in [0.15, 0.2) is 134 Å². The van der Waals surface area contributed by atoms with Gasteiger partial charge in [0.2, 0.25) is 0 Å². The smallest absolute Gasteiger partial charge is 0.408 e. The first-order valence-electron chi connectivity index (χ1n) is 17.6. The summed E-state index contributed by atoms with van der Waals surface area (Å²) in [5.41, 5.74) is 13.3. The van der Waals surface area contributed by atoms with Crippen LogP contribution in [0.25, 0.3) is 22.3 Å². The van der Waals surface area contributed by atoms with Crippen LogP contribution in [0.2, 0.25) is 0 Å². The van der Waals surface area contributed by atoms with Crippen molar-refractivity contribution in [3.8, 4) is 22.3 Å². The van der Waals surface area contributed by atoms with E-state index in [0.29, 0.717) is 19.3 Å². The monoisotopic (exact) mass is 710 g/mol. The van der Waals surface area contributed by atoms with Crippen molar-refractivity contribution in [2.24, 2.45) is 5.73 Å². The molecule has 0 aliphatic rings. The Morgan fingerprint density at radius 3 is 1.58 bits per heavy atom. The van der Waals surface area contributed by atoms with Gasteiger partial charge in [0, 0.05) is 36.4 Å². The summed E-state index contributed by atoms with van der Waals surface area (Å²) in [7, 11) is 0. The highest BCUT2D eigenvalue weighted by Gasteiger charge is 2.25. The summed E-state index contributed by atoms with van der Waals surface area (Å²) >= 11 is 0. The minimum absolute atomic E-state index is 0.0539. The zero-order valence-corrected chi connectivity index (χ0v) is 30.3. The molecule has 6 rings (SSSR count). The highest BCUT2D eigenvalue weighted by Crippen LogP contribution is 2.21. The molecule has 0 bridgehead atoms. The first-order chi connectivity index (χ1) is 25.5. The SMILES string of the molecule is CC(C)(C)OC(=O)N[C@@H](Cc1ccccc1)C(=O)Cc1cccc(-c2cn[nH]c2)c1.N[C@@H](Cc1ccccc1)C(=O)Cc1cccc(-c2cn[nH]c2)c1. The van der Waals surface area contributed by atoms with Gasteiger partial charge >= 0.3 is 6.09 Å². The first kappa shape index (κ1) is 38.1. The molecule has 0 unspecified atom stereocenters. The molecule has 0 spiro atoms. The van der Waals surface area contributed by atoms with E-state index in [-0.39, 0.29) is 18.0 Å². The number of nitrogens with zero attached hydrogens (tertiary/aromatic N) is 2. The van der Waals surface area contributed by atoms with E-state index in [9.17, 15) is 14.4 Å². The second-order valence-electron chi connectivity index (χ2n) is 13.8. The third kappa shape index (κ3) is 12.3. The summed E-state index contributed by atoms with van der Waals surface area (Å²) < 4.78 is 5.36. The Bertz CT molecular complexity index is 2040. The minimum atomic E-state index is -0.681. The lowest BCUT2D eigenvalue weighted by Gasteiger charge is -2.23. The number of aromatic amines is 2. The third-order valence-electron chi connectivity index (χ3n) is 8.35. The van der Waals surface area contributed by atoms with E-state index < -0.39 is 23.8 Å². The van der Waals surface area contributed by atoms with Gasteiger partial charge in [0.15, 0.2) is 11.6 Å². The van der Waals surface area contributed by atoms with E-state index in [1.165, 1.54) is 0 Å². The molecule has 5 N–H and O–H groups in total. The van der Waals surface area contributed by atoms with Crippen molar-refractivity contribution < 1.29 is 19.1 Å². The second kappa shape index (κ2) is 18.4. The minimum Gasteiger partial charge on any atom is -0.444 e. The Kier molecular flexibility index (Phi) is 13.2. The molecular weight excluding hydrogens is 665 g/mol. The fourth-order valence-corrected chi connectivity index (χ4v) is 5.72. The maximum absolute atomic E-state index is 13.1. The maximum Gasteiger partial charge on any atom is 0.408 e. The lowest BCUT2D eigenvalue weighted by Crippen LogP contribution is -2.45. The van der Waals surface area contributed by atoms with Crippen LogP contribution in [-0.4, -0.2) is 55.7 Å². The number of aromatic nitrogens is 4. The van der Waals surface area contributed by atoms with Crippen LogP contribution >= 0.6 is 0 Å². The molecule has 0 radical (unpaired) electrons. The summed E-state index contributed by atoms with van der Waals surface area (Å²) in [4.78, 5) is 37.8. The van der Waals surface area contributed by atoms with Gasteiger partial charge in [-0.15, -0.1) is 0 Å². The zero-order valence-electron chi connectivity index (χ0n) is 30.3. The van der Waals surface area contributed by atoms with Crippen molar-refractivity contribution in [3.05, 3.63) is 156 Å². The van der Waals surface area contributed by atoms with Crippen LogP contribution in [-0.2, 0) is 40.0 Å². The fourth-order valence-electron chi connectivity index (χ4n) is 5.72. The van der Waals surface area contributed by atoms with E-state index in [0.717, 1.165) is 44.5 Å². The van der Waals surface area contributed by atoms with Crippen molar-refractivity contribution in [3.63, 3.8) is 0 Å². The summed E-state index contributed by atoms with van der Waals surface area (Å²) in [6.45, 7) is 5.38. The van der Waals surface area contributed by atoms with Crippen LogP contribution in [0.3, 0.4) is 0 Å². The lowest BCUT2D eigenvalue weighted by atomic mass is 9.96. The van der Waals surface area contributed by atoms with Crippen LogP contribution in [0, 0.1) is 0 Å². The molecule has 10 heteroatoms. The summed E-state index contributed by atoms with van der Waals surface area (Å²) in [6, 6.07) is 34.0. The van der Waals surface area contributed by atoms with Crippen molar-refractivity contribution >= 4 is 17.7 Å². The molecule has 0 aliphatic carbocycles. The van der Waals surface area contributed by atoms with Gasteiger partial charge < -0.3 is 15.8 Å². The number of rotatable bonds is 13. The zero-order chi connectivity index (χ0) is 37.6. The molecule has 10 nitrogen and oxygen atoms in total. The Morgan fingerprint density at radius 2 is 1.11 bits per heavy atom. The van der Waals surface area contributed by atoms with Gasteiger partial charge in [-0.2, -0.15) is 10.2 Å². The largest absolute Gasteiger partial charge is 0.444 e. The van der Waals surface area contributed by atoms with Crippen LogP contribution in [0.1, 0.15) is 43.0 Å². The molecular formula is C43H46N6O4. The number of ether oxygens (including phenoxy) is 1. The molecule has 0 saturated carbocycles. The molecule has 272 valence electrons. The highest BCUT2D eigenvalue weighted by atomic mass is 16.6. The molecule has 0 aliphatic heterocycles. The Labute approximate surface area is 310 Å². The molecule has 1 amide bonds. The fraction of sp³-hybridized carbons (Fsp3) is 0.233. The number of carbonyl (C=O) groups is 3. The van der Waals surface area contributed by atoms with Gasteiger partial charge in [-0.05, 0) is 67.0 Å². The van der Waals surface area contributed by atoms with Crippen molar-refractivity contribution in [2.45, 2.75) is 64.1 Å². The summed E-state index contributed by atoms with van der Waals surface area (Å²) in [6.07, 6.45) is 8.08. The van der Waals surface area contributed by atoms with Gasteiger partial charge in [0.1, 0.15) is 5.60 Å². The van der Waals surface area contributed by atoms with Crippen LogP contribution in [0.5, 0.6) is 0 Å². The van der Waals surface area contributed by atoms with Gasteiger partial charge in [-0.1, -0.05) is 109 Å². The summed E-state index contributed by atoms with van der Waals surface area (Å²) in [5, 5.41) is 16.3. The standard InChI is InChI=1S/C24H27N3O3.C19H19N3O/c1-24(2,3)30-23(29)27-21(13-17-8-5-4-6-9-17)22(28)14-18-10-7-11-19(12-18)20-15-25-26-16-20;20-18(10-14-5-2-1-3-6-14)19(23)11-15-7-4-8-16(9-15)17-12-21-22-13-17/h4-12,15-16,21H,13-14H2,1-3H3,(H,25,26)(H,27,29);1-9,12-13,18H,10-11,20H2,(H,21,22)/t21-;18-/m00/s1. The number of benzene rings is 4. The van der Waals surface area contributed by atoms with Gasteiger partial charge in [-0.3, -0.25) is 19.8 Å². The van der Waals surface area contributed by atoms with Crippen LogP contribution < -0.4 is 11.1 Å². The maximum atomic E-state index is 13.1. The number of hydrogen-bond acceptors (Lipinski definition) is 7. The molecule has 2 aromatic heterocycles. The highest BCUT2D eigenvalue weighted by molar-refractivity contribution is 5.89. The second-order valence-corrected chi connectivity index (χ2v) is 13.8. The number of ketones is 2. The molecule has 0 saturated heterocycles. The van der Waals surface area contributed by atoms with E-state index in [1.807, 2.05) is 122 Å². The number of nitrogens with two attached hydrogens (primary N) is 1. The number of carbonyl (C=O) groups excluding carboxylic acids is 3. The molecule has 53 heavy (non-hydrogen) atoms. The van der Waals surface area contributed by atoms with Crippen molar-refractivity contribution in [2.75, 3.05) is 0 Å². The molecule has 2 heterocycles. The molecule has 4 aromatic carbocycles. The number of Topliss-reactive ketones (excluding diaryl/α,β-unsaturated/α-hetero) is 2. The summed E-state index contributed by atoms with van der Waals surface area (Å²) in [5.74, 6) is -0.0211. The number of alkyl carbamates (subject to hydrolysis) is 1. The normalized spacial score (nSPS) is 12.2. The Morgan fingerprint density at radius 1 is 0.642 bits per heavy atom. The van der Waals surface area contributed by atoms with Gasteiger partial charge in [-0.25, -0.2) is 4.79 Å². The third-order valence-corrected chi connectivity index (χ3v) is 8.35. The topological polar surface area (TPSA) is 156 Å². The van der Waals surface area contributed by atoms with E-state index in [2.05, 4.69) is 25.7 Å². The number of H-pyrrole nitrogens is 2. The average Bonchev–Trinajstić information content (AvgIpc) is 3.88. The molecule has 0 fully saturated rings. The van der Waals surface area contributed by atoms with Gasteiger partial charge in [0.25, 0.3) is 0 Å². The lowest BCUT2D eigenvalue weighted by molar-refractivity contribution is -0.120. The molecule has 2 atom stereocenters. The number of nitrogens with one attached hydrogen (secondary N) is 3. The Hall–Kier alpha value is -6.13. The van der Waals surface area contributed by atoms with E-state index in [1.54, 1.807) is 33.2 Å². The Balaban J connectivity index is 0.000000211. The predicted octanol–water partition coefficient (Wildman–Crippen LogP) is 7.08. The van der Waals surface area contributed by atoms with E-state index in [4.69, 9.17) is 10.5 Å². The number of hydrogen-bond donors (Lipinski definition) is 4.